The summed E-state index contributed by atoms with van der Waals surface area (Å²) in [7, 11) is 0. The average Bonchev–Trinajstić information content (AvgIpc) is 2.27. The van der Waals surface area contributed by atoms with Crippen LogP contribution < -0.4 is 10.1 Å². The van der Waals surface area contributed by atoms with E-state index in [4.69, 9.17) is 4.74 Å². The molecule has 0 fully saturated rings. The van der Waals surface area contributed by atoms with Crippen LogP contribution in [0.5, 0.6) is 5.75 Å². The molecule has 0 aliphatic heterocycles. The van der Waals surface area contributed by atoms with Gasteiger partial charge in [0, 0.05) is 19.0 Å². The first-order valence-corrected chi connectivity index (χ1v) is 6.03. The summed E-state index contributed by atoms with van der Waals surface area (Å²) in [5.74, 6) is 0.819. The van der Waals surface area contributed by atoms with Crippen molar-refractivity contribution in [1.82, 2.24) is 10.3 Å². The molecule has 1 aromatic heterocycles. The minimum atomic E-state index is 0.475. The fourth-order valence-corrected chi connectivity index (χ4v) is 1.25. The minimum Gasteiger partial charge on any atom is -0.492 e. The van der Waals surface area contributed by atoms with Crippen LogP contribution in [0.15, 0.2) is 30.5 Å². The Labute approximate surface area is 104 Å². The van der Waals surface area contributed by atoms with Gasteiger partial charge < -0.3 is 10.1 Å². The Morgan fingerprint density at radius 2 is 2.24 bits per heavy atom. The van der Waals surface area contributed by atoms with Crippen molar-refractivity contribution in [2.45, 2.75) is 39.8 Å². The molecule has 0 aromatic carbocycles. The van der Waals surface area contributed by atoms with Gasteiger partial charge in [-0.1, -0.05) is 19.4 Å². The zero-order chi connectivity index (χ0) is 12.7. The maximum atomic E-state index is 5.55. The van der Waals surface area contributed by atoms with Crippen molar-refractivity contribution in [3.05, 3.63) is 36.2 Å². The van der Waals surface area contributed by atoms with Crippen LogP contribution in [0.3, 0.4) is 0 Å². The third-order valence-corrected chi connectivity index (χ3v) is 2.29. The molecule has 0 spiro atoms. The second-order valence-corrected chi connectivity index (χ2v) is 4.58. The fourth-order valence-electron chi connectivity index (χ4n) is 1.25. The molecule has 3 nitrogen and oxygen atoms in total. The highest BCUT2D eigenvalue weighted by atomic mass is 16.5. The number of rotatable bonds is 7. The summed E-state index contributed by atoms with van der Waals surface area (Å²) in [5.41, 5.74) is 2.17. The van der Waals surface area contributed by atoms with Crippen molar-refractivity contribution in [2.24, 2.45) is 0 Å². The maximum absolute atomic E-state index is 5.55. The highest BCUT2D eigenvalue weighted by Crippen LogP contribution is 2.10. The molecule has 3 heteroatoms. The molecule has 0 bridgehead atoms. The lowest BCUT2D eigenvalue weighted by Crippen LogP contribution is -2.22. The van der Waals surface area contributed by atoms with Gasteiger partial charge in [-0.05, 0) is 19.1 Å². The Hall–Kier alpha value is -1.35. The van der Waals surface area contributed by atoms with E-state index < -0.39 is 0 Å². The number of aromatic nitrogens is 1. The van der Waals surface area contributed by atoms with Crippen LogP contribution in [0, 0.1) is 0 Å². The molecule has 0 radical (unpaired) electrons. The first-order valence-electron chi connectivity index (χ1n) is 6.03. The standard InChI is InChI=1S/C14H22N2O/c1-11(2)7-8-17-14-6-5-13(16-10-14)9-15-12(3)4/h5-6,10,12,15H,1,7-9H2,2-4H3. The minimum absolute atomic E-state index is 0.475. The second kappa shape index (κ2) is 7.07. The molecule has 1 aromatic rings. The number of nitrogens with zero attached hydrogens (tertiary/aromatic N) is 1. The van der Waals surface area contributed by atoms with Crippen molar-refractivity contribution in [1.29, 1.82) is 0 Å². The van der Waals surface area contributed by atoms with Gasteiger partial charge >= 0.3 is 0 Å². The van der Waals surface area contributed by atoms with Crippen LogP contribution in [0.25, 0.3) is 0 Å². The van der Waals surface area contributed by atoms with Crippen LogP contribution in [0.1, 0.15) is 32.9 Å². The number of nitrogens with one attached hydrogen (secondary N) is 1. The van der Waals surface area contributed by atoms with Crippen LogP contribution in [-0.4, -0.2) is 17.6 Å². The van der Waals surface area contributed by atoms with Gasteiger partial charge in [-0.25, -0.2) is 0 Å². The van der Waals surface area contributed by atoms with Gasteiger partial charge in [0.05, 0.1) is 18.5 Å². The summed E-state index contributed by atoms with van der Waals surface area (Å²) in [4.78, 5) is 4.34. The van der Waals surface area contributed by atoms with E-state index in [-0.39, 0.29) is 0 Å². The van der Waals surface area contributed by atoms with Crippen molar-refractivity contribution < 1.29 is 4.74 Å². The molecular formula is C14H22N2O. The van der Waals surface area contributed by atoms with E-state index in [1.807, 2.05) is 19.1 Å². The van der Waals surface area contributed by atoms with Crippen molar-refractivity contribution in [3.8, 4) is 5.75 Å². The Morgan fingerprint density at radius 1 is 1.47 bits per heavy atom. The molecule has 1 rings (SSSR count). The van der Waals surface area contributed by atoms with Crippen molar-refractivity contribution >= 4 is 0 Å². The molecule has 0 saturated carbocycles. The summed E-state index contributed by atoms with van der Waals surface area (Å²) in [6.45, 7) is 11.5. The summed E-state index contributed by atoms with van der Waals surface area (Å²) in [5, 5.41) is 3.32. The van der Waals surface area contributed by atoms with E-state index >= 15 is 0 Å². The van der Waals surface area contributed by atoms with Gasteiger partial charge in [-0.15, -0.1) is 6.58 Å². The molecule has 94 valence electrons. The highest BCUT2D eigenvalue weighted by Gasteiger charge is 1.98. The van der Waals surface area contributed by atoms with Crippen LogP contribution in [-0.2, 0) is 6.54 Å². The van der Waals surface area contributed by atoms with E-state index in [1.54, 1.807) is 6.20 Å². The molecule has 1 heterocycles. The summed E-state index contributed by atoms with van der Waals surface area (Å²) < 4.78 is 5.55. The fraction of sp³-hybridized carbons (Fsp3) is 0.500. The van der Waals surface area contributed by atoms with Gasteiger partial charge in [0.15, 0.2) is 0 Å². The molecule has 1 N–H and O–H groups in total. The first-order chi connectivity index (χ1) is 8.08. The van der Waals surface area contributed by atoms with Crippen LogP contribution >= 0.6 is 0 Å². The molecule has 0 aliphatic carbocycles. The molecule has 0 saturated heterocycles. The third kappa shape index (κ3) is 6.07. The lowest BCUT2D eigenvalue weighted by Gasteiger charge is -2.09. The molecular weight excluding hydrogens is 212 g/mol. The number of ether oxygens (including phenoxy) is 1. The molecule has 0 aliphatic rings. The molecule has 0 amide bonds. The zero-order valence-corrected chi connectivity index (χ0v) is 11.0. The monoisotopic (exact) mass is 234 g/mol. The topological polar surface area (TPSA) is 34.1 Å². The zero-order valence-electron chi connectivity index (χ0n) is 11.0. The summed E-state index contributed by atoms with van der Waals surface area (Å²) in [6.07, 6.45) is 2.66. The van der Waals surface area contributed by atoms with Crippen molar-refractivity contribution in [3.63, 3.8) is 0 Å². The van der Waals surface area contributed by atoms with Crippen LogP contribution in [0.2, 0.25) is 0 Å². The maximum Gasteiger partial charge on any atom is 0.137 e. The lowest BCUT2D eigenvalue weighted by atomic mass is 10.2. The average molecular weight is 234 g/mol. The quantitative estimate of drug-likeness (QED) is 0.737. The van der Waals surface area contributed by atoms with Gasteiger partial charge in [-0.3, -0.25) is 4.98 Å². The van der Waals surface area contributed by atoms with E-state index in [1.165, 1.54) is 0 Å². The van der Waals surface area contributed by atoms with Crippen molar-refractivity contribution in [2.75, 3.05) is 6.61 Å². The smallest absolute Gasteiger partial charge is 0.137 e. The predicted octanol–water partition coefficient (Wildman–Crippen LogP) is 2.92. The number of hydrogen-bond donors (Lipinski definition) is 1. The Bertz CT molecular complexity index is 344. The highest BCUT2D eigenvalue weighted by molar-refractivity contribution is 5.19. The van der Waals surface area contributed by atoms with Gasteiger partial charge in [0.1, 0.15) is 5.75 Å². The van der Waals surface area contributed by atoms with Crippen LogP contribution in [0.4, 0.5) is 0 Å². The Kier molecular flexibility index (Phi) is 5.70. The molecule has 0 unspecified atom stereocenters. The predicted molar refractivity (Wildman–Crippen MR) is 71.1 cm³/mol. The number of pyridine rings is 1. The van der Waals surface area contributed by atoms with E-state index in [0.717, 1.165) is 30.0 Å². The number of hydrogen-bond acceptors (Lipinski definition) is 3. The molecule has 17 heavy (non-hydrogen) atoms. The largest absolute Gasteiger partial charge is 0.492 e. The third-order valence-electron chi connectivity index (χ3n) is 2.29. The molecule has 0 atom stereocenters. The van der Waals surface area contributed by atoms with Gasteiger partial charge in [0.2, 0.25) is 0 Å². The van der Waals surface area contributed by atoms with Gasteiger partial charge in [0.25, 0.3) is 0 Å². The van der Waals surface area contributed by atoms with E-state index in [0.29, 0.717) is 12.6 Å². The van der Waals surface area contributed by atoms with E-state index in [2.05, 4.69) is 30.7 Å². The first kappa shape index (κ1) is 13.7. The summed E-state index contributed by atoms with van der Waals surface area (Å²) in [6, 6.07) is 4.43. The SMILES string of the molecule is C=C(C)CCOc1ccc(CNC(C)C)nc1. The second-order valence-electron chi connectivity index (χ2n) is 4.58. The normalized spacial score (nSPS) is 10.6. The van der Waals surface area contributed by atoms with E-state index in [9.17, 15) is 0 Å². The summed E-state index contributed by atoms with van der Waals surface area (Å²) >= 11 is 0. The Balaban J connectivity index is 2.36. The Morgan fingerprint density at radius 3 is 2.76 bits per heavy atom. The lowest BCUT2D eigenvalue weighted by molar-refractivity contribution is 0.320. The van der Waals surface area contributed by atoms with Gasteiger partial charge in [-0.2, -0.15) is 0 Å².